The second-order valence-electron chi connectivity index (χ2n) is 4.97. The molecule has 2 fully saturated rings. The first-order valence-electron chi connectivity index (χ1n) is 5.87. The number of aromatic hydroxyl groups is 1. The minimum absolute atomic E-state index is 0.341. The summed E-state index contributed by atoms with van der Waals surface area (Å²) >= 11 is 0. The number of anilines is 1. The van der Waals surface area contributed by atoms with Crippen molar-refractivity contribution in [3.8, 4) is 5.75 Å². The molecule has 0 radical (unpaired) electrons. The van der Waals surface area contributed by atoms with Gasteiger partial charge in [-0.25, -0.2) is 0 Å². The van der Waals surface area contributed by atoms with Crippen molar-refractivity contribution >= 4 is 5.69 Å². The van der Waals surface area contributed by atoms with E-state index in [0.717, 1.165) is 17.5 Å². The summed E-state index contributed by atoms with van der Waals surface area (Å²) in [6.07, 6.45) is 5.61. The molecule has 0 amide bonds. The second kappa shape index (κ2) is 3.44. The Morgan fingerprint density at radius 2 is 1.87 bits per heavy atom. The number of nitrogens with one attached hydrogen (secondary N) is 1. The molecular weight excluding hydrogens is 186 g/mol. The molecule has 3 atom stereocenters. The van der Waals surface area contributed by atoms with E-state index in [1.165, 1.54) is 25.7 Å². The number of benzene rings is 1. The maximum absolute atomic E-state index is 9.19. The lowest BCUT2D eigenvalue weighted by Crippen LogP contribution is -2.25. The van der Waals surface area contributed by atoms with Gasteiger partial charge in [0.15, 0.2) is 0 Å². The molecule has 2 aliphatic carbocycles. The maximum Gasteiger partial charge on any atom is 0.115 e. The van der Waals surface area contributed by atoms with Crippen LogP contribution in [0.3, 0.4) is 0 Å². The quantitative estimate of drug-likeness (QED) is 0.724. The van der Waals surface area contributed by atoms with Gasteiger partial charge in [0.25, 0.3) is 0 Å². The molecule has 2 bridgehead atoms. The van der Waals surface area contributed by atoms with Crippen molar-refractivity contribution in [2.75, 3.05) is 5.32 Å². The van der Waals surface area contributed by atoms with E-state index in [0.29, 0.717) is 11.8 Å². The number of fused-ring (bicyclic) bond motifs is 2. The van der Waals surface area contributed by atoms with Crippen LogP contribution in [0.15, 0.2) is 24.3 Å². The van der Waals surface area contributed by atoms with Crippen LogP contribution in [-0.2, 0) is 0 Å². The zero-order valence-electron chi connectivity index (χ0n) is 8.82. The van der Waals surface area contributed by atoms with Crippen molar-refractivity contribution in [1.82, 2.24) is 0 Å². The van der Waals surface area contributed by atoms with Crippen LogP contribution in [0, 0.1) is 11.8 Å². The van der Waals surface area contributed by atoms with Crippen LogP contribution in [0.2, 0.25) is 0 Å². The van der Waals surface area contributed by atoms with E-state index in [-0.39, 0.29) is 0 Å². The molecule has 2 aliphatic rings. The predicted octanol–water partition coefficient (Wildman–Crippen LogP) is 2.99. The lowest BCUT2D eigenvalue weighted by atomic mass is 9.95. The Kier molecular flexibility index (Phi) is 2.08. The molecule has 80 valence electrons. The number of hydrogen-bond donors (Lipinski definition) is 2. The smallest absolute Gasteiger partial charge is 0.115 e. The largest absolute Gasteiger partial charge is 0.508 e. The van der Waals surface area contributed by atoms with Crippen LogP contribution in [0.5, 0.6) is 5.75 Å². The summed E-state index contributed by atoms with van der Waals surface area (Å²) in [5.74, 6) is 2.21. The molecule has 0 saturated heterocycles. The van der Waals surface area contributed by atoms with Gasteiger partial charge >= 0.3 is 0 Å². The molecule has 2 nitrogen and oxygen atoms in total. The highest BCUT2D eigenvalue weighted by molar-refractivity contribution is 5.47. The summed E-state index contributed by atoms with van der Waals surface area (Å²) in [4.78, 5) is 0. The highest BCUT2D eigenvalue weighted by Crippen LogP contribution is 2.45. The average Bonchev–Trinajstić information content (AvgIpc) is 2.83. The van der Waals surface area contributed by atoms with Gasteiger partial charge in [-0.2, -0.15) is 0 Å². The van der Waals surface area contributed by atoms with Crippen LogP contribution < -0.4 is 5.32 Å². The number of hydrogen-bond acceptors (Lipinski definition) is 2. The first-order chi connectivity index (χ1) is 7.31. The van der Waals surface area contributed by atoms with Gasteiger partial charge in [0.05, 0.1) is 0 Å². The average molecular weight is 203 g/mol. The third-order valence-corrected chi connectivity index (χ3v) is 3.96. The normalized spacial score (nSPS) is 33.2. The molecule has 0 aliphatic heterocycles. The molecule has 0 aromatic heterocycles. The van der Waals surface area contributed by atoms with Gasteiger partial charge in [0.1, 0.15) is 5.75 Å². The van der Waals surface area contributed by atoms with Gasteiger partial charge in [0, 0.05) is 11.7 Å². The molecule has 2 N–H and O–H groups in total. The number of rotatable bonds is 2. The summed E-state index contributed by atoms with van der Waals surface area (Å²) in [6.45, 7) is 0. The monoisotopic (exact) mass is 203 g/mol. The summed E-state index contributed by atoms with van der Waals surface area (Å²) in [5, 5.41) is 12.8. The lowest BCUT2D eigenvalue weighted by molar-refractivity contribution is 0.439. The first-order valence-corrected chi connectivity index (χ1v) is 5.87. The molecule has 1 aromatic carbocycles. The highest BCUT2D eigenvalue weighted by Gasteiger charge is 2.39. The Balaban J connectivity index is 1.68. The lowest BCUT2D eigenvalue weighted by Gasteiger charge is -2.23. The van der Waals surface area contributed by atoms with Crippen molar-refractivity contribution < 1.29 is 5.11 Å². The molecule has 2 saturated carbocycles. The van der Waals surface area contributed by atoms with Gasteiger partial charge in [-0.05, 0) is 55.4 Å². The Morgan fingerprint density at radius 3 is 2.47 bits per heavy atom. The van der Waals surface area contributed by atoms with Gasteiger partial charge in [-0.3, -0.25) is 0 Å². The van der Waals surface area contributed by atoms with Crippen LogP contribution in [0.25, 0.3) is 0 Å². The summed E-state index contributed by atoms with van der Waals surface area (Å²) in [5.41, 5.74) is 1.14. The van der Waals surface area contributed by atoms with Gasteiger partial charge in [-0.15, -0.1) is 0 Å². The van der Waals surface area contributed by atoms with Crippen LogP contribution >= 0.6 is 0 Å². The Morgan fingerprint density at radius 1 is 1.07 bits per heavy atom. The maximum atomic E-state index is 9.19. The minimum Gasteiger partial charge on any atom is -0.508 e. The molecule has 1 aromatic rings. The highest BCUT2D eigenvalue weighted by atomic mass is 16.3. The van der Waals surface area contributed by atoms with Gasteiger partial charge in [-0.1, -0.05) is 6.42 Å². The van der Waals surface area contributed by atoms with Gasteiger partial charge in [0.2, 0.25) is 0 Å². The second-order valence-corrected chi connectivity index (χ2v) is 4.97. The van der Waals surface area contributed by atoms with E-state index in [2.05, 4.69) is 5.32 Å². The van der Waals surface area contributed by atoms with Crippen molar-refractivity contribution in [2.45, 2.75) is 31.7 Å². The fourth-order valence-corrected chi connectivity index (χ4v) is 3.19. The first kappa shape index (κ1) is 9.08. The number of phenolic OH excluding ortho intramolecular Hbond substituents is 1. The van der Waals surface area contributed by atoms with E-state index in [4.69, 9.17) is 0 Å². The molecule has 15 heavy (non-hydrogen) atoms. The van der Waals surface area contributed by atoms with E-state index in [9.17, 15) is 5.11 Å². The summed E-state index contributed by atoms with van der Waals surface area (Å²) in [7, 11) is 0. The Bertz CT molecular complexity index is 346. The van der Waals surface area contributed by atoms with E-state index in [1.807, 2.05) is 12.1 Å². The zero-order chi connectivity index (χ0) is 10.3. The molecule has 0 heterocycles. The van der Waals surface area contributed by atoms with Crippen molar-refractivity contribution in [2.24, 2.45) is 11.8 Å². The zero-order valence-corrected chi connectivity index (χ0v) is 8.82. The SMILES string of the molecule is Oc1ccc(NC2CC3CCC2C3)cc1. The topological polar surface area (TPSA) is 32.3 Å². The van der Waals surface area contributed by atoms with Crippen LogP contribution in [0.4, 0.5) is 5.69 Å². The fourth-order valence-electron chi connectivity index (χ4n) is 3.19. The standard InChI is InChI=1S/C13H17NO/c15-12-5-3-11(4-6-12)14-13-8-9-1-2-10(13)7-9/h3-6,9-10,13-15H,1-2,7-8H2. The van der Waals surface area contributed by atoms with Crippen molar-refractivity contribution in [3.05, 3.63) is 24.3 Å². The van der Waals surface area contributed by atoms with E-state index >= 15 is 0 Å². The fraction of sp³-hybridized carbons (Fsp3) is 0.538. The third kappa shape index (κ3) is 1.69. The summed E-state index contributed by atoms with van der Waals surface area (Å²) in [6, 6.07) is 8.08. The summed E-state index contributed by atoms with van der Waals surface area (Å²) < 4.78 is 0. The molecule has 3 rings (SSSR count). The third-order valence-electron chi connectivity index (χ3n) is 3.96. The van der Waals surface area contributed by atoms with Crippen molar-refractivity contribution in [3.63, 3.8) is 0 Å². The molecular formula is C13H17NO. The van der Waals surface area contributed by atoms with Crippen LogP contribution in [-0.4, -0.2) is 11.1 Å². The minimum atomic E-state index is 0.341. The van der Waals surface area contributed by atoms with Gasteiger partial charge < -0.3 is 10.4 Å². The van der Waals surface area contributed by atoms with Crippen LogP contribution in [0.1, 0.15) is 25.7 Å². The molecule has 2 heteroatoms. The predicted molar refractivity (Wildman–Crippen MR) is 61.0 cm³/mol. The van der Waals surface area contributed by atoms with Crippen molar-refractivity contribution in [1.29, 1.82) is 0 Å². The Labute approximate surface area is 90.3 Å². The molecule has 3 unspecified atom stereocenters. The van der Waals surface area contributed by atoms with E-state index in [1.54, 1.807) is 12.1 Å². The molecule has 0 spiro atoms. The Hall–Kier alpha value is -1.18. The number of phenols is 1. The van der Waals surface area contributed by atoms with E-state index < -0.39 is 0 Å².